The molecule has 4 heteroatoms. The highest BCUT2D eigenvalue weighted by Crippen LogP contribution is 2.34. The molecule has 0 aliphatic heterocycles. The van der Waals surface area contributed by atoms with Gasteiger partial charge in [0.2, 0.25) is 0 Å². The fraction of sp³-hybridized carbons (Fsp3) is 0.538. The Morgan fingerprint density at radius 2 is 1.71 bits per heavy atom. The van der Waals surface area contributed by atoms with Gasteiger partial charge in [-0.2, -0.15) is 0 Å². The molecule has 0 atom stereocenters. The topological polar surface area (TPSA) is 57.6 Å². The van der Waals surface area contributed by atoms with Gasteiger partial charge in [-0.15, -0.1) is 0 Å². The van der Waals surface area contributed by atoms with E-state index < -0.39 is 0 Å². The maximum atomic E-state index is 11.8. The quantitative estimate of drug-likeness (QED) is 0.452. The van der Waals surface area contributed by atoms with Crippen LogP contribution in [0.25, 0.3) is 0 Å². The normalized spacial score (nSPS) is 19.9. The van der Waals surface area contributed by atoms with E-state index in [4.69, 9.17) is 0 Å². The van der Waals surface area contributed by atoms with E-state index in [1.54, 1.807) is 25.2 Å². The third kappa shape index (κ3) is 3.44. The zero-order chi connectivity index (χ0) is 13.2. The van der Waals surface area contributed by atoms with Crippen LogP contribution in [0, 0.1) is 5.41 Å². The molecule has 1 aliphatic carbocycles. The second-order valence-electron chi connectivity index (χ2n) is 5.40. The molecule has 17 heavy (non-hydrogen) atoms. The van der Waals surface area contributed by atoms with Gasteiger partial charge in [-0.3, -0.25) is 9.59 Å². The number of nitrogens with zero attached hydrogens (tertiary/aromatic N) is 1. The fourth-order valence-corrected chi connectivity index (χ4v) is 1.85. The van der Waals surface area contributed by atoms with Gasteiger partial charge >= 0.3 is 0 Å². The molecule has 0 amide bonds. The van der Waals surface area contributed by atoms with Crippen molar-refractivity contribution in [3.8, 4) is 0 Å². The molecule has 0 heterocycles. The number of carbonyl (C=O) groups is 2. The van der Waals surface area contributed by atoms with Gasteiger partial charge in [0.05, 0.1) is 0 Å². The van der Waals surface area contributed by atoms with Crippen molar-refractivity contribution in [3.05, 3.63) is 23.6 Å². The van der Waals surface area contributed by atoms with E-state index in [1.165, 1.54) is 6.08 Å². The average Bonchev–Trinajstić information content (AvgIpc) is 2.11. The van der Waals surface area contributed by atoms with Gasteiger partial charge < -0.3 is 10.0 Å². The monoisotopic (exact) mass is 237 g/mol. The summed E-state index contributed by atoms with van der Waals surface area (Å²) < 4.78 is 0. The Balaban J connectivity index is 3.02. The summed E-state index contributed by atoms with van der Waals surface area (Å²) in [6, 6.07) is 0. The summed E-state index contributed by atoms with van der Waals surface area (Å²) in [4.78, 5) is 25.4. The Morgan fingerprint density at radius 1 is 1.24 bits per heavy atom. The van der Waals surface area contributed by atoms with Gasteiger partial charge in [0.25, 0.3) is 0 Å². The molecule has 1 aliphatic rings. The number of Topliss-reactive ketones (excluding diaryl/α,β-unsaturated/α-hetero) is 2. The van der Waals surface area contributed by atoms with E-state index >= 15 is 0 Å². The van der Waals surface area contributed by atoms with Crippen LogP contribution >= 0.6 is 0 Å². The van der Waals surface area contributed by atoms with Crippen molar-refractivity contribution in [1.82, 2.24) is 4.90 Å². The molecule has 0 bridgehead atoms. The lowest BCUT2D eigenvalue weighted by Gasteiger charge is -2.28. The Morgan fingerprint density at radius 3 is 2.12 bits per heavy atom. The number of rotatable bonds is 2. The van der Waals surface area contributed by atoms with Crippen LogP contribution in [0.4, 0.5) is 0 Å². The molecule has 94 valence electrons. The van der Waals surface area contributed by atoms with Gasteiger partial charge in [-0.05, 0) is 11.5 Å². The van der Waals surface area contributed by atoms with Gasteiger partial charge in [-0.1, -0.05) is 13.8 Å². The number of carbonyl (C=O) groups excluding carboxylic acids is 2. The zero-order valence-electron chi connectivity index (χ0n) is 10.8. The van der Waals surface area contributed by atoms with E-state index in [2.05, 4.69) is 0 Å². The fourth-order valence-electron chi connectivity index (χ4n) is 1.85. The van der Waals surface area contributed by atoms with Crippen molar-refractivity contribution >= 4 is 11.6 Å². The molecule has 1 fully saturated rings. The zero-order valence-corrected chi connectivity index (χ0v) is 10.8. The highest BCUT2D eigenvalue weighted by molar-refractivity contribution is 6.22. The van der Waals surface area contributed by atoms with Gasteiger partial charge in [0.15, 0.2) is 11.6 Å². The Labute approximate surface area is 102 Å². The molecule has 0 spiro atoms. The maximum Gasteiger partial charge on any atom is 0.170 e. The molecule has 0 aromatic rings. The highest BCUT2D eigenvalue weighted by Gasteiger charge is 2.37. The molecule has 1 rings (SSSR count). The first-order valence-electron chi connectivity index (χ1n) is 5.57. The number of aliphatic hydroxyl groups excluding tert-OH is 1. The van der Waals surface area contributed by atoms with Crippen molar-refractivity contribution in [3.63, 3.8) is 0 Å². The van der Waals surface area contributed by atoms with Crippen molar-refractivity contribution in [2.24, 2.45) is 5.41 Å². The lowest BCUT2D eigenvalue weighted by atomic mass is 9.74. The van der Waals surface area contributed by atoms with Crippen LogP contribution in [0.1, 0.15) is 26.7 Å². The summed E-state index contributed by atoms with van der Waals surface area (Å²) in [5.41, 5.74) is -0.356. The van der Waals surface area contributed by atoms with Gasteiger partial charge in [-0.25, -0.2) is 0 Å². The molecule has 0 aromatic carbocycles. The molecule has 1 saturated carbocycles. The number of aliphatic hydroxyl groups is 1. The maximum absolute atomic E-state index is 11.8. The smallest absolute Gasteiger partial charge is 0.170 e. The van der Waals surface area contributed by atoms with E-state index in [0.29, 0.717) is 12.8 Å². The summed E-state index contributed by atoms with van der Waals surface area (Å²) in [6.07, 6.45) is 3.58. The molecule has 4 nitrogen and oxygen atoms in total. The molecular weight excluding hydrogens is 218 g/mol. The number of hydrogen-bond acceptors (Lipinski definition) is 4. The van der Waals surface area contributed by atoms with Gasteiger partial charge in [0, 0.05) is 33.1 Å². The Bertz CT molecular complexity index is 381. The van der Waals surface area contributed by atoms with Crippen LogP contribution < -0.4 is 0 Å². The van der Waals surface area contributed by atoms with Crippen molar-refractivity contribution in [1.29, 1.82) is 0 Å². The van der Waals surface area contributed by atoms with E-state index in [-0.39, 0.29) is 28.3 Å². The van der Waals surface area contributed by atoms with Crippen LogP contribution in [0.15, 0.2) is 23.6 Å². The summed E-state index contributed by atoms with van der Waals surface area (Å²) >= 11 is 0. The third-order valence-electron chi connectivity index (χ3n) is 2.62. The van der Waals surface area contributed by atoms with Crippen molar-refractivity contribution in [2.75, 3.05) is 14.1 Å². The van der Waals surface area contributed by atoms with Crippen LogP contribution in [0.5, 0.6) is 0 Å². The minimum absolute atomic E-state index is 0.0533. The van der Waals surface area contributed by atoms with E-state index in [9.17, 15) is 14.7 Å². The van der Waals surface area contributed by atoms with E-state index in [1.807, 2.05) is 13.8 Å². The second-order valence-corrected chi connectivity index (χ2v) is 5.40. The molecule has 0 radical (unpaired) electrons. The standard InChI is InChI=1S/C13H19NO3/c1-13(2)7-10(16)12(11(17)8-13)9(15)5-6-14(3)4/h5-6,15H,7-8H2,1-4H3. The van der Waals surface area contributed by atoms with Crippen molar-refractivity contribution < 1.29 is 14.7 Å². The largest absolute Gasteiger partial charge is 0.507 e. The minimum Gasteiger partial charge on any atom is -0.507 e. The Hall–Kier alpha value is -1.58. The lowest BCUT2D eigenvalue weighted by molar-refractivity contribution is -0.127. The minimum atomic E-state index is -0.302. The number of ketones is 2. The molecule has 0 aromatic heterocycles. The number of allylic oxidation sites excluding steroid dienone is 2. The third-order valence-corrected chi connectivity index (χ3v) is 2.62. The summed E-state index contributed by atoms with van der Waals surface area (Å²) in [7, 11) is 3.59. The van der Waals surface area contributed by atoms with E-state index in [0.717, 1.165) is 0 Å². The Kier molecular flexibility index (Phi) is 3.76. The summed E-state index contributed by atoms with van der Waals surface area (Å²) in [6.45, 7) is 3.76. The SMILES string of the molecule is CN(C)C=CC(O)=C1C(=O)CC(C)(C)CC1=O. The summed E-state index contributed by atoms with van der Waals surface area (Å²) in [5.74, 6) is -0.775. The first-order valence-corrected chi connectivity index (χ1v) is 5.57. The first-order chi connectivity index (χ1) is 7.73. The molecular formula is C13H19NO3. The molecule has 0 saturated heterocycles. The number of hydrogen-bond donors (Lipinski definition) is 1. The van der Waals surface area contributed by atoms with Crippen LogP contribution in [-0.4, -0.2) is 35.7 Å². The predicted octanol–water partition coefficient (Wildman–Crippen LogP) is 1.83. The lowest BCUT2D eigenvalue weighted by Crippen LogP contribution is -2.32. The molecule has 1 N–H and O–H groups in total. The second kappa shape index (κ2) is 4.73. The van der Waals surface area contributed by atoms with Crippen molar-refractivity contribution in [2.45, 2.75) is 26.7 Å². The predicted molar refractivity (Wildman–Crippen MR) is 65.5 cm³/mol. The first kappa shape index (κ1) is 13.5. The van der Waals surface area contributed by atoms with Crippen LogP contribution in [0.2, 0.25) is 0 Å². The van der Waals surface area contributed by atoms with Crippen LogP contribution in [-0.2, 0) is 9.59 Å². The average molecular weight is 237 g/mol. The highest BCUT2D eigenvalue weighted by atomic mass is 16.3. The summed E-state index contributed by atoms with van der Waals surface area (Å²) in [5, 5.41) is 9.76. The molecule has 0 unspecified atom stereocenters. The van der Waals surface area contributed by atoms with Crippen LogP contribution in [0.3, 0.4) is 0 Å². The van der Waals surface area contributed by atoms with Gasteiger partial charge in [0.1, 0.15) is 11.3 Å².